The van der Waals surface area contributed by atoms with Gasteiger partial charge in [-0.2, -0.15) is 0 Å². The van der Waals surface area contributed by atoms with Crippen molar-refractivity contribution in [3.63, 3.8) is 0 Å². The Hall–Kier alpha value is -2.12. The number of alkyl carbamates (subject to hydrolysis) is 1. The standard InChI is InChI=1S/C25H39N3O5/c1-15(2)5-21(23(31)27-20(13-29)9-19-3-4-26-22(19)30)28-24(32)33-14-25-10-16-6-17(11-25)8-18(7-16)12-25/h13,15-21H,3-12,14H2,1-2H3,(H,26,30)(H,27,31)(H,28,32). The molecule has 1 aliphatic heterocycles. The molecule has 4 aliphatic carbocycles. The number of hydrogen-bond donors (Lipinski definition) is 3. The van der Waals surface area contributed by atoms with Crippen molar-refractivity contribution in [1.29, 1.82) is 0 Å². The molecule has 3 N–H and O–H groups in total. The molecule has 8 heteroatoms. The topological polar surface area (TPSA) is 114 Å². The Labute approximate surface area is 196 Å². The van der Waals surface area contributed by atoms with Crippen LogP contribution >= 0.6 is 0 Å². The second kappa shape index (κ2) is 10.0. The van der Waals surface area contributed by atoms with Crippen LogP contribution in [0.25, 0.3) is 0 Å². The smallest absolute Gasteiger partial charge is 0.407 e. The summed E-state index contributed by atoms with van der Waals surface area (Å²) in [5.41, 5.74) is 0.117. The zero-order valence-corrected chi connectivity index (χ0v) is 19.9. The van der Waals surface area contributed by atoms with Gasteiger partial charge in [-0.3, -0.25) is 9.59 Å². The Kier molecular flexibility index (Phi) is 7.29. The summed E-state index contributed by atoms with van der Waals surface area (Å²) in [7, 11) is 0. The van der Waals surface area contributed by atoms with Crippen LogP contribution in [0.15, 0.2) is 0 Å². The predicted octanol–water partition coefficient (Wildman–Crippen LogP) is 2.55. The average molecular weight is 462 g/mol. The van der Waals surface area contributed by atoms with Crippen LogP contribution in [-0.4, -0.2) is 49.4 Å². The normalized spacial score (nSPS) is 34.0. The number of rotatable bonds is 10. The number of ether oxygens (including phenoxy) is 1. The Morgan fingerprint density at radius 1 is 1.12 bits per heavy atom. The molecule has 0 radical (unpaired) electrons. The molecular formula is C25H39N3O5. The molecule has 4 saturated carbocycles. The molecule has 5 aliphatic rings. The molecule has 0 spiro atoms. The van der Waals surface area contributed by atoms with E-state index >= 15 is 0 Å². The lowest BCUT2D eigenvalue weighted by Crippen LogP contribution is -2.52. The van der Waals surface area contributed by atoms with E-state index in [0.29, 0.717) is 32.3 Å². The first-order valence-electron chi connectivity index (χ1n) is 12.7. The van der Waals surface area contributed by atoms with Gasteiger partial charge < -0.3 is 25.5 Å². The fraction of sp³-hybridized carbons (Fsp3) is 0.840. The van der Waals surface area contributed by atoms with Crippen LogP contribution in [0.4, 0.5) is 4.79 Å². The molecule has 4 bridgehead atoms. The van der Waals surface area contributed by atoms with Crippen molar-refractivity contribution in [2.45, 2.75) is 83.7 Å². The Balaban J connectivity index is 1.30. The number of amides is 3. The lowest BCUT2D eigenvalue weighted by atomic mass is 9.50. The van der Waals surface area contributed by atoms with Crippen LogP contribution in [0.2, 0.25) is 0 Å². The van der Waals surface area contributed by atoms with Crippen molar-refractivity contribution in [3.05, 3.63) is 0 Å². The summed E-state index contributed by atoms with van der Waals surface area (Å²) in [6.07, 6.45) is 8.93. The third kappa shape index (κ3) is 5.87. The second-order valence-electron chi connectivity index (χ2n) is 11.6. The molecule has 0 aromatic heterocycles. The van der Waals surface area contributed by atoms with Crippen molar-refractivity contribution < 1.29 is 23.9 Å². The molecule has 184 valence electrons. The molecule has 33 heavy (non-hydrogen) atoms. The molecule has 1 heterocycles. The Morgan fingerprint density at radius 3 is 2.27 bits per heavy atom. The van der Waals surface area contributed by atoms with E-state index in [2.05, 4.69) is 16.0 Å². The summed E-state index contributed by atoms with van der Waals surface area (Å²) in [6, 6.07) is -1.54. The van der Waals surface area contributed by atoms with Gasteiger partial charge >= 0.3 is 6.09 Å². The maximum Gasteiger partial charge on any atom is 0.407 e. The molecule has 3 atom stereocenters. The van der Waals surface area contributed by atoms with E-state index in [-0.39, 0.29) is 29.6 Å². The van der Waals surface area contributed by atoms with Gasteiger partial charge in [0.1, 0.15) is 12.3 Å². The third-order valence-electron chi connectivity index (χ3n) is 8.18. The van der Waals surface area contributed by atoms with Crippen LogP contribution < -0.4 is 16.0 Å². The minimum absolute atomic E-state index is 0.0822. The van der Waals surface area contributed by atoms with Crippen molar-refractivity contribution in [3.8, 4) is 0 Å². The molecule has 0 aromatic carbocycles. The maximum atomic E-state index is 12.9. The summed E-state index contributed by atoms with van der Waals surface area (Å²) in [4.78, 5) is 49.0. The number of carbonyl (C=O) groups is 4. The Morgan fingerprint density at radius 2 is 1.76 bits per heavy atom. The van der Waals surface area contributed by atoms with E-state index in [1.807, 2.05) is 13.8 Å². The van der Waals surface area contributed by atoms with E-state index in [1.165, 1.54) is 19.3 Å². The number of hydrogen-bond acceptors (Lipinski definition) is 5. The van der Waals surface area contributed by atoms with Gasteiger partial charge in [0.25, 0.3) is 0 Å². The Bertz CT molecular complexity index is 732. The van der Waals surface area contributed by atoms with E-state index < -0.39 is 24.1 Å². The zero-order chi connectivity index (χ0) is 23.6. The van der Waals surface area contributed by atoms with Crippen molar-refractivity contribution in [2.24, 2.45) is 35.0 Å². The summed E-state index contributed by atoms with van der Waals surface area (Å²) < 4.78 is 5.69. The highest BCUT2D eigenvalue weighted by molar-refractivity contribution is 5.88. The molecular weight excluding hydrogens is 422 g/mol. The van der Waals surface area contributed by atoms with E-state index in [9.17, 15) is 19.2 Å². The minimum atomic E-state index is -0.784. The van der Waals surface area contributed by atoms with Crippen molar-refractivity contribution in [2.75, 3.05) is 13.2 Å². The highest BCUT2D eigenvalue weighted by Crippen LogP contribution is 2.60. The van der Waals surface area contributed by atoms with E-state index in [1.54, 1.807) is 0 Å². The number of aldehydes is 1. The molecule has 3 unspecified atom stereocenters. The third-order valence-corrected chi connectivity index (χ3v) is 8.18. The lowest BCUT2D eigenvalue weighted by Gasteiger charge is -2.56. The molecule has 5 fully saturated rings. The lowest BCUT2D eigenvalue weighted by molar-refractivity contribution is -0.127. The van der Waals surface area contributed by atoms with Gasteiger partial charge in [0.15, 0.2) is 0 Å². The van der Waals surface area contributed by atoms with E-state index in [0.717, 1.165) is 37.0 Å². The summed E-state index contributed by atoms with van der Waals surface area (Å²) in [5, 5.41) is 8.21. The van der Waals surface area contributed by atoms with Gasteiger partial charge in [-0.05, 0) is 81.5 Å². The van der Waals surface area contributed by atoms with Crippen LogP contribution in [0, 0.1) is 35.0 Å². The van der Waals surface area contributed by atoms with Gasteiger partial charge in [-0.1, -0.05) is 13.8 Å². The van der Waals surface area contributed by atoms with Crippen LogP contribution in [0.3, 0.4) is 0 Å². The molecule has 1 saturated heterocycles. The predicted molar refractivity (Wildman–Crippen MR) is 122 cm³/mol. The first-order chi connectivity index (χ1) is 15.7. The molecule has 8 nitrogen and oxygen atoms in total. The molecule has 5 rings (SSSR count). The van der Waals surface area contributed by atoms with Gasteiger partial charge in [-0.25, -0.2) is 4.79 Å². The summed E-state index contributed by atoms with van der Waals surface area (Å²) >= 11 is 0. The first-order valence-corrected chi connectivity index (χ1v) is 12.7. The van der Waals surface area contributed by atoms with Crippen LogP contribution in [-0.2, 0) is 19.1 Å². The second-order valence-corrected chi connectivity index (χ2v) is 11.6. The average Bonchev–Trinajstić information content (AvgIpc) is 3.14. The minimum Gasteiger partial charge on any atom is -0.449 e. The highest BCUT2D eigenvalue weighted by Gasteiger charge is 2.51. The van der Waals surface area contributed by atoms with Gasteiger partial charge in [0, 0.05) is 17.9 Å². The van der Waals surface area contributed by atoms with Gasteiger partial charge in [0.2, 0.25) is 11.8 Å². The number of nitrogens with one attached hydrogen (secondary N) is 3. The summed E-state index contributed by atoms with van der Waals surface area (Å²) in [6.45, 7) is 4.97. The van der Waals surface area contributed by atoms with Gasteiger partial charge in [0.05, 0.1) is 12.6 Å². The number of carbonyl (C=O) groups excluding carboxylic acids is 4. The summed E-state index contributed by atoms with van der Waals surface area (Å²) in [5.74, 6) is 1.74. The first kappa shape index (κ1) is 24.0. The van der Waals surface area contributed by atoms with Crippen LogP contribution in [0.1, 0.15) is 71.6 Å². The zero-order valence-electron chi connectivity index (χ0n) is 19.9. The largest absolute Gasteiger partial charge is 0.449 e. The van der Waals surface area contributed by atoms with Crippen LogP contribution in [0.5, 0.6) is 0 Å². The maximum absolute atomic E-state index is 12.9. The quantitative estimate of drug-likeness (QED) is 0.433. The van der Waals surface area contributed by atoms with Crippen molar-refractivity contribution >= 4 is 24.2 Å². The van der Waals surface area contributed by atoms with E-state index in [4.69, 9.17) is 4.74 Å². The van der Waals surface area contributed by atoms with Gasteiger partial charge in [-0.15, -0.1) is 0 Å². The fourth-order valence-electron chi connectivity index (χ4n) is 7.18. The molecule has 0 aromatic rings. The van der Waals surface area contributed by atoms with Crippen molar-refractivity contribution in [1.82, 2.24) is 16.0 Å². The molecule has 3 amide bonds. The SMILES string of the molecule is CC(C)CC(NC(=O)OCC12CC3CC(CC(C3)C1)C2)C(=O)NC(C=O)CC1CCNC1=O. The highest BCUT2D eigenvalue weighted by atomic mass is 16.5. The monoisotopic (exact) mass is 461 g/mol. The fourth-order valence-corrected chi connectivity index (χ4v) is 7.18.